The van der Waals surface area contributed by atoms with Crippen LogP contribution in [0.25, 0.3) is 0 Å². The molecule has 0 bridgehead atoms. The molecule has 1 fully saturated rings. The van der Waals surface area contributed by atoms with Crippen molar-refractivity contribution in [1.29, 1.82) is 0 Å². The molecular weight excluding hydrogens is 276 g/mol. The van der Waals surface area contributed by atoms with Gasteiger partial charge in [-0.3, -0.25) is 9.69 Å². The van der Waals surface area contributed by atoms with Crippen LogP contribution in [0.1, 0.15) is 44.2 Å². The Labute approximate surface area is 133 Å². The zero-order valence-electron chi connectivity index (χ0n) is 13.6. The molecule has 0 unspecified atom stereocenters. The fraction of sp³-hybridized carbons (Fsp3) is 0.611. The fourth-order valence-corrected chi connectivity index (χ4v) is 3.00. The minimum absolute atomic E-state index is 0.0300. The van der Waals surface area contributed by atoms with Crippen LogP contribution >= 0.6 is 0 Å². The summed E-state index contributed by atoms with van der Waals surface area (Å²) < 4.78 is 5.17. The molecule has 1 amide bonds. The first-order valence-corrected chi connectivity index (χ1v) is 8.44. The first kappa shape index (κ1) is 17.0. The molecule has 1 saturated heterocycles. The highest BCUT2D eigenvalue weighted by molar-refractivity contribution is 5.77. The summed E-state index contributed by atoms with van der Waals surface area (Å²) in [6.07, 6.45) is 5.12. The zero-order valence-corrected chi connectivity index (χ0v) is 13.6. The van der Waals surface area contributed by atoms with Gasteiger partial charge in [-0.25, -0.2) is 0 Å². The van der Waals surface area contributed by atoms with Crippen molar-refractivity contribution in [2.24, 2.45) is 0 Å². The van der Waals surface area contributed by atoms with Gasteiger partial charge < -0.3 is 10.1 Å². The molecule has 1 aliphatic rings. The van der Waals surface area contributed by atoms with E-state index < -0.39 is 0 Å². The molecule has 2 rings (SSSR count). The van der Waals surface area contributed by atoms with E-state index in [1.54, 1.807) is 0 Å². The molecule has 122 valence electrons. The van der Waals surface area contributed by atoms with Crippen LogP contribution in [0, 0.1) is 0 Å². The SMILES string of the molecule is CCOCC(=O)NC[C@@H](c1ccccc1)N1CCCCCC1. The predicted molar refractivity (Wildman–Crippen MR) is 88.7 cm³/mol. The number of nitrogens with zero attached hydrogens (tertiary/aromatic N) is 1. The van der Waals surface area contributed by atoms with Crippen LogP contribution in [0.15, 0.2) is 30.3 Å². The molecule has 1 aliphatic heterocycles. The second-order valence-electron chi connectivity index (χ2n) is 5.82. The van der Waals surface area contributed by atoms with Crippen molar-refractivity contribution in [3.8, 4) is 0 Å². The number of likely N-dealkylation sites (tertiary alicyclic amines) is 1. The highest BCUT2D eigenvalue weighted by Gasteiger charge is 2.21. The Bertz CT molecular complexity index is 428. The maximum absolute atomic E-state index is 11.8. The molecule has 4 nitrogen and oxygen atoms in total. The van der Waals surface area contributed by atoms with Crippen molar-refractivity contribution >= 4 is 5.91 Å². The number of benzene rings is 1. The Morgan fingerprint density at radius 1 is 1.18 bits per heavy atom. The lowest BCUT2D eigenvalue weighted by Crippen LogP contribution is -2.39. The van der Waals surface area contributed by atoms with Gasteiger partial charge in [0.15, 0.2) is 0 Å². The molecule has 22 heavy (non-hydrogen) atoms. The van der Waals surface area contributed by atoms with Gasteiger partial charge in [0.25, 0.3) is 0 Å². The number of hydrogen-bond donors (Lipinski definition) is 1. The Morgan fingerprint density at radius 2 is 1.86 bits per heavy atom. The van der Waals surface area contributed by atoms with Crippen LogP contribution in [0.5, 0.6) is 0 Å². The van der Waals surface area contributed by atoms with Crippen LogP contribution in [-0.4, -0.2) is 43.7 Å². The van der Waals surface area contributed by atoms with E-state index in [2.05, 4.69) is 34.5 Å². The minimum atomic E-state index is -0.0300. The van der Waals surface area contributed by atoms with Crippen LogP contribution in [-0.2, 0) is 9.53 Å². The van der Waals surface area contributed by atoms with Gasteiger partial charge in [-0.15, -0.1) is 0 Å². The standard InChI is InChI=1S/C18H28N2O2/c1-2-22-15-18(21)19-14-17(16-10-6-5-7-11-16)20-12-8-3-4-9-13-20/h5-7,10-11,17H,2-4,8-9,12-15H2,1H3,(H,19,21)/t17-/m0/s1. The zero-order chi connectivity index (χ0) is 15.6. The second-order valence-corrected chi connectivity index (χ2v) is 5.82. The molecule has 0 radical (unpaired) electrons. The predicted octanol–water partition coefficient (Wildman–Crippen LogP) is 2.76. The molecule has 1 N–H and O–H groups in total. The Morgan fingerprint density at radius 3 is 2.50 bits per heavy atom. The molecular formula is C18H28N2O2. The monoisotopic (exact) mass is 304 g/mol. The van der Waals surface area contributed by atoms with Crippen LogP contribution in [0.3, 0.4) is 0 Å². The molecule has 1 atom stereocenters. The molecule has 1 aromatic rings. The van der Waals surface area contributed by atoms with E-state index in [1.165, 1.54) is 31.2 Å². The maximum Gasteiger partial charge on any atom is 0.246 e. The van der Waals surface area contributed by atoms with E-state index >= 15 is 0 Å². The number of rotatable bonds is 7. The fourth-order valence-electron chi connectivity index (χ4n) is 3.00. The number of ether oxygens (including phenoxy) is 1. The van der Waals surface area contributed by atoms with Gasteiger partial charge in [-0.05, 0) is 38.4 Å². The maximum atomic E-state index is 11.8. The average molecular weight is 304 g/mol. The Kier molecular flexibility index (Phi) is 7.40. The third-order valence-corrected chi connectivity index (χ3v) is 4.20. The smallest absolute Gasteiger partial charge is 0.246 e. The van der Waals surface area contributed by atoms with E-state index in [4.69, 9.17) is 4.74 Å². The number of carbonyl (C=O) groups excluding carboxylic acids is 1. The van der Waals surface area contributed by atoms with Crippen LogP contribution in [0.4, 0.5) is 0 Å². The molecule has 0 aliphatic carbocycles. The van der Waals surface area contributed by atoms with Crippen molar-refractivity contribution in [2.45, 2.75) is 38.6 Å². The van der Waals surface area contributed by atoms with Gasteiger partial charge in [-0.2, -0.15) is 0 Å². The summed E-state index contributed by atoms with van der Waals surface area (Å²) in [5.41, 5.74) is 1.28. The van der Waals surface area contributed by atoms with E-state index in [1.807, 2.05) is 13.0 Å². The molecule has 1 aromatic carbocycles. The van der Waals surface area contributed by atoms with Crippen molar-refractivity contribution in [1.82, 2.24) is 10.2 Å². The van der Waals surface area contributed by atoms with Gasteiger partial charge >= 0.3 is 0 Å². The van der Waals surface area contributed by atoms with Gasteiger partial charge in [-0.1, -0.05) is 43.2 Å². The first-order valence-electron chi connectivity index (χ1n) is 8.44. The summed E-state index contributed by atoms with van der Waals surface area (Å²) in [5.74, 6) is -0.0300. The summed E-state index contributed by atoms with van der Waals surface area (Å²) in [4.78, 5) is 14.4. The van der Waals surface area contributed by atoms with Gasteiger partial charge in [0, 0.05) is 13.2 Å². The van der Waals surface area contributed by atoms with Gasteiger partial charge in [0.2, 0.25) is 5.91 Å². The van der Waals surface area contributed by atoms with Crippen molar-refractivity contribution in [3.63, 3.8) is 0 Å². The third kappa shape index (κ3) is 5.43. The molecule has 4 heteroatoms. The lowest BCUT2D eigenvalue weighted by molar-refractivity contribution is -0.125. The first-order chi connectivity index (χ1) is 10.8. The lowest BCUT2D eigenvalue weighted by Gasteiger charge is -2.31. The Balaban J connectivity index is 2.00. The molecule has 0 aromatic heterocycles. The van der Waals surface area contributed by atoms with E-state index in [0.717, 1.165) is 13.1 Å². The van der Waals surface area contributed by atoms with E-state index in [9.17, 15) is 4.79 Å². The second kappa shape index (κ2) is 9.59. The number of nitrogens with one attached hydrogen (secondary N) is 1. The van der Waals surface area contributed by atoms with E-state index in [0.29, 0.717) is 13.2 Å². The topological polar surface area (TPSA) is 41.6 Å². The third-order valence-electron chi connectivity index (χ3n) is 4.20. The van der Waals surface area contributed by atoms with E-state index in [-0.39, 0.29) is 18.6 Å². The summed E-state index contributed by atoms with van der Waals surface area (Å²) in [6.45, 7) is 5.49. The van der Waals surface area contributed by atoms with Crippen molar-refractivity contribution < 1.29 is 9.53 Å². The number of carbonyl (C=O) groups is 1. The highest BCUT2D eigenvalue weighted by Crippen LogP contribution is 2.23. The average Bonchev–Trinajstić information content (AvgIpc) is 2.83. The highest BCUT2D eigenvalue weighted by atomic mass is 16.5. The molecule has 0 saturated carbocycles. The number of hydrogen-bond acceptors (Lipinski definition) is 3. The van der Waals surface area contributed by atoms with Gasteiger partial charge in [0.05, 0.1) is 6.04 Å². The normalized spacial score (nSPS) is 17.7. The summed E-state index contributed by atoms with van der Waals surface area (Å²) >= 11 is 0. The lowest BCUT2D eigenvalue weighted by atomic mass is 10.0. The summed E-state index contributed by atoms with van der Waals surface area (Å²) in [7, 11) is 0. The van der Waals surface area contributed by atoms with Crippen LogP contribution in [0.2, 0.25) is 0 Å². The Hall–Kier alpha value is -1.39. The molecule has 1 heterocycles. The summed E-state index contributed by atoms with van der Waals surface area (Å²) in [5, 5.41) is 3.03. The van der Waals surface area contributed by atoms with Crippen molar-refractivity contribution in [2.75, 3.05) is 32.8 Å². The largest absolute Gasteiger partial charge is 0.372 e. The molecule has 0 spiro atoms. The van der Waals surface area contributed by atoms with Crippen LogP contribution < -0.4 is 5.32 Å². The summed E-state index contributed by atoms with van der Waals surface area (Å²) in [6, 6.07) is 10.8. The number of amides is 1. The van der Waals surface area contributed by atoms with Crippen molar-refractivity contribution in [3.05, 3.63) is 35.9 Å². The van der Waals surface area contributed by atoms with Gasteiger partial charge in [0.1, 0.15) is 6.61 Å². The minimum Gasteiger partial charge on any atom is -0.372 e. The quantitative estimate of drug-likeness (QED) is 0.842.